The number of benzene rings is 1. The summed E-state index contributed by atoms with van der Waals surface area (Å²) in [5.74, 6) is 2.13. The van der Waals surface area contributed by atoms with Crippen LogP contribution >= 0.6 is 0 Å². The summed E-state index contributed by atoms with van der Waals surface area (Å²) >= 11 is 0. The highest BCUT2D eigenvalue weighted by molar-refractivity contribution is 5.81. The molecule has 2 heterocycles. The summed E-state index contributed by atoms with van der Waals surface area (Å²) in [6.07, 6.45) is 2.04. The molecule has 108 valence electrons. The molecule has 21 heavy (non-hydrogen) atoms. The van der Waals surface area contributed by atoms with E-state index in [4.69, 9.17) is 0 Å². The Labute approximate surface area is 124 Å². The number of piperidine rings is 1. The standard InChI is InChI=1S/C17H19N3O/c1-2-16-18-15(13-6-4-3-5-7-13)12-17(19-16)20-10-8-14(21)9-11-20/h3-7,12H,2,8-11H2,1H3. The molecule has 0 aliphatic carbocycles. The van der Waals surface area contributed by atoms with E-state index >= 15 is 0 Å². The average Bonchev–Trinajstić information content (AvgIpc) is 2.56. The molecule has 1 aliphatic heterocycles. The lowest BCUT2D eigenvalue weighted by atomic mass is 10.1. The number of hydrogen-bond donors (Lipinski definition) is 0. The van der Waals surface area contributed by atoms with Gasteiger partial charge in [0.05, 0.1) is 5.69 Å². The normalized spacial score (nSPS) is 15.3. The van der Waals surface area contributed by atoms with Crippen molar-refractivity contribution in [3.05, 3.63) is 42.2 Å². The number of hydrogen-bond acceptors (Lipinski definition) is 4. The molecule has 0 atom stereocenters. The van der Waals surface area contributed by atoms with Crippen LogP contribution in [-0.4, -0.2) is 28.8 Å². The molecule has 0 spiro atoms. The Morgan fingerprint density at radius 2 is 1.81 bits per heavy atom. The Bertz CT molecular complexity index is 630. The van der Waals surface area contributed by atoms with E-state index in [9.17, 15) is 4.79 Å². The van der Waals surface area contributed by atoms with Gasteiger partial charge in [0.1, 0.15) is 17.4 Å². The molecular formula is C17H19N3O. The predicted molar refractivity (Wildman–Crippen MR) is 83.3 cm³/mol. The van der Waals surface area contributed by atoms with Gasteiger partial charge in [-0.3, -0.25) is 4.79 Å². The molecule has 1 aromatic carbocycles. The first-order chi connectivity index (χ1) is 10.3. The fourth-order valence-corrected chi connectivity index (χ4v) is 2.55. The SMILES string of the molecule is CCc1nc(-c2ccccc2)cc(N2CCC(=O)CC2)n1. The second-order valence-electron chi connectivity index (χ2n) is 5.27. The van der Waals surface area contributed by atoms with Crippen LogP contribution in [0.3, 0.4) is 0 Å². The molecule has 1 saturated heterocycles. The van der Waals surface area contributed by atoms with Crippen LogP contribution in [0.15, 0.2) is 36.4 Å². The molecule has 0 amide bonds. The van der Waals surface area contributed by atoms with E-state index in [0.29, 0.717) is 18.6 Å². The lowest BCUT2D eigenvalue weighted by Gasteiger charge is -2.27. The lowest BCUT2D eigenvalue weighted by Crippen LogP contribution is -2.34. The molecule has 1 aliphatic rings. The number of anilines is 1. The van der Waals surface area contributed by atoms with Crippen LogP contribution in [0, 0.1) is 0 Å². The van der Waals surface area contributed by atoms with Crippen molar-refractivity contribution < 1.29 is 4.79 Å². The smallest absolute Gasteiger partial charge is 0.136 e. The van der Waals surface area contributed by atoms with Crippen molar-refractivity contribution in [1.29, 1.82) is 0 Å². The first kappa shape index (κ1) is 13.7. The summed E-state index contributed by atoms with van der Waals surface area (Å²) in [6.45, 7) is 3.58. The first-order valence-corrected chi connectivity index (χ1v) is 7.46. The third kappa shape index (κ3) is 3.10. The molecule has 0 bridgehead atoms. The monoisotopic (exact) mass is 281 g/mol. The minimum Gasteiger partial charge on any atom is -0.356 e. The van der Waals surface area contributed by atoms with Crippen molar-refractivity contribution >= 4 is 11.6 Å². The molecule has 4 nitrogen and oxygen atoms in total. The molecule has 2 aromatic rings. The summed E-state index contributed by atoms with van der Waals surface area (Å²) < 4.78 is 0. The summed E-state index contributed by atoms with van der Waals surface area (Å²) in [5.41, 5.74) is 2.05. The number of carbonyl (C=O) groups excluding carboxylic acids is 1. The summed E-state index contributed by atoms with van der Waals surface area (Å²) in [7, 11) is 0. The van der Waals surface area contributed by atoms with Crippen LogP contribution < -0.4 is 4.90 Å². The van der Waals surface area contributed by atoms with Crippen molar-refractivity contribution in [2.45, 2.75) is 26.2 Å². The van der Waals surface area contributed by atoms with Crippen LogP contribution in [0.5, 0.6) is 0 Å². The topological polar surface area (TPSA) is 46.1 Å². The van der Waals surface area contributed by atoms with Gasteiger partial charge >= 0.3 is 0 Å². The Hall–Kier alpha value is -2.23. The molecule has 0 saturated carbocycles. The second-order valence-corrected chi connectivity index (χ2v) is 5.27. The second kappa shape index (κ2) is 6.04. The Balaban J connectivity index is 1.95. The number of rotatable bonds is 3. The third-order valence-electron chi connectivity index (χ3n) is 3.79. The van der Waals surface area contributed by atoms with Gasteiger partial charge in [0, 0.05) is 44.0 Å². The number of carbonyl (C=O) groups is 1. The van der Waals surface area contributed by atoms with E-state index in [1.807, 2.05) is 24.3 Å². The molecule has 3 rings (SSSR count). The Morgan fingerprint density at radius 1 is 1.10 bits per heavy atom. The summed E-state index contributed by atoms with van der Waals surface area (Å²) in [4.78, 5) is 22.8. The molecule has 0 radical (unpaired) electrons. The van der Waals surface area contributed by atoms with E-state index in [1.54, 1.807) is 0 Å². The highest BCUT2D eigenvalue weighted by Gasteiger charge is 2.18. The minimum atomic E-state index is 0.347. The van der Waals surface area contributed by atoms with Crippen molar-refractivity contribution in [1.82, 2.24) is 9.97 Å². The zero-order valence-corrected chi connectivity index (χ0v) is 12.2. The fraction of sp³-hybridized carbons (Fsp3) is 0.353. The van der Waals surface area contributed by atoms with Crippen molar-refractivity contribution in [3.8, 4) is 11.3 Å². The van der Waals surface area contributed by atoms with Crippen molar-refractivity contribution in [2.75, 3.05) is 18.0 Å². The third-order valence-corrected chi connectivity index (χ3v) is 3.79. The fourth-order valence-electron chi connectivity index (χ4n) is 2.55. The summed E-state index contributed by atoms with van der Waals surface area (Å²) in [5, 5.41) is 0. The molecule has 1 fully saturated rings. The lowest BCUT2D eigenvalue weighted by molar-refractivity contribution is -0.119. The molecule has 0 N–H and O–H groups in total. The molecule has 1 aromatic heterocycles. The zero-order valence-electron chi connectivity index (χ0n) is 12.2. The Morgan fingerprint density at radius 3 is 2.48 bits per heavy atom. The summed E-state index contributed by atoms with van der Waals surface area (Å²) in [6, 6.07) is 12.2. The van der Waals surface area contributed by atoms with E-state index < -0.39 is 0 Å². The Kier molecular flexibility index (Phi) is 3.95. The minimum absolute atomic E-state index is 0.347. The van der Waals surface area contributed by atoms with Crippen LogP contribution in [0.4, 0.5) is 5.82 Å². The van der Waals surface area contributed by atoms with Gasteiger partial charge in [-0.15, -0.1) is 0 Å². The predicted octanol–water partition coefficient (Wildman–Crippen LogP) is 2.88. The number of aryl methyl sites for hydroxylation is 1. The van der Waals surface area contributed by atoms with Gasteiger partial charge in [0.25, 0.3) is 0 Å². The van der Waals surface area contributed by atoms with Crippen LogP contribution in [-0.2, 0) is 11.2 Å². The molecule has 4 heteroatoms. The van der Waals surface area contributed by atoms with E-state index in [2.05, 4.69) is 33.9 Å². The van der Waals surface area contributed by atoms with E-state index in [0.717, 1.165) is 42.4 Å². The van der Waals surface area contributed by atoms with Gasteiger partial charge in [-0.1, -0.05) is 37.3 Å². The number of aromatic nitrogens is 2. The van der Waals surface area contributed by atoms with E-state index in [1.165, 1.54) is 0 Å². The van der Waals surface area contributed by atoms with Crippen molar-refractivity contribution in [2.24, 2.45) is 0 Å². The maximum atomic E-state index is 11.4. The number of ketones is 1. The van der Waals surface area contributed by atoms with Gasteiger partial charge < -0.3 is 4.90 Å². The zero-order chi connectivity index (χ0) is 14.7. The largest absolute Gasteiger partial charge is 0.356 e. The highest BCUT2D eigenvalue weighted by atomic mass is 16.1. The quantitative estimate of drug-likeness (QED) is 0.868. The number of nitrogens with zero attached hydrogens (tertiary/aromatic N) is 3. The highest BCUT2D eigenvalue weighted by Crippen LogP contribution is 2.23. The number of Topliss-reactive ketones (excluding diaryl/α,β-unsaturated/α-hetero) is 1. The van der Waals surface area contributed by atoms with Gasteiger partial charge in [-0.25, -0.2) is 9.97 Å². The maximum absolute atomic E-state index is 11.4. The van der Waals surface area contributed by atoms with Gasteiger partial charge in [0.2, 0.25) is 0 Å². The van der Waals surface area contributed by atoms with Crippen LogP contribution in [0.2, 0.25) is 0 Å². The van der Waals surface area contributed by atoms with E-state index in [-0.39, 0.29) is 0 Å². The van der Waals surface area contributed by atoms with Gasteiger partial charge in [-0.05, 0) is 0 Å². The van der Waals surface area contributed by atoms with Gasteiger partial charge in [-0.2, -0.15) is 0 Å². The molecular weight excluding hydrogens is 262 g/mol. The molecule has 0 unspecified atom stereocenters. The average molecular weight is 281 g/mol. The van der Waals surface area contributed by atoms with Crippen LogP contribution in [0.1, 0.15) is 25.6 Å². The maximum Gasteiger partial charge on any atom is 0.136 e. The van der Waals surface area contributed by atoms with Crippen LogP contribution in [0.25, 0.3) is 11.3 Å². The van der Waals surface area contributed by atoms with Gasteiger partial charge in [0.15, 0.2) is 0 Å². The first-order valence-electron chi connectivity index (χ1n) is 7.46. The van der Waals surface area contributed by atoms with Crippen molar-refractivity contribution in [3.63, 3.8) is 0 Å².